The van der Waals surface area contributed by atoms with Crippen molar-refractivity contribution in [2.75, 3.05) is 11.1 Å². The van der Waals surface area contributed by atoms with E-state index in [1.165, 1.54) is 17.5 Å². The second kappa shape index (κ2) is 6.13. The highest BCUT2D eigenvalue weighted by Gasteiger charge is 2.13. The van der Waals surface area contributed by atoms with Crippen LogP contribution in [0.5, 0.6) is 0 Å². The van der Waals surface area contributed by atoms with Crippen LogP contribution in [0.2, 0.25) is 5.15 Å². The molecule has 110 valence electrons. The molecule has 0 atom stereocenters. The molecule has 0 unspecified atom stereocenters. The molecule has 1 amide bonds. The molecule has 0 spiro atoms. The lowest BCUT2D eigenvalue weighted by molar-refractivity contribution is 0.102. The number of halogens is 1. The van der Waals surface area contributed by atoms with E-state index in [1.54, 1.807) is 12.1 Å². The average molecular weight is 331 g/mol. The van der Waals surface area contributed by atoms with Gasteiger partial charge in [-0.1, -0.05) is 53.3 Å². The lowest BCUT2D eigenvalue weighted by Crippen LogP contribution is -2.11. The summed E-state index contributed by atoms with van der Waals surface area (Å²) in [6.45, 7) is 0. The minimum Gasteiger partial charge on any atom is -0.389 e. The van der Waals surface area contributed by atoms with Crippen LogP contribution in [0, 0.1) is 0 Å². The van der Waals surface area contributed by atoms with Gasteiger partial charge in [0.25, 0.3) is 5.91 Å². The number of pyridine rings is 1. The van der Waals surface area contributed by atoms with Gasteiger partial charge in [-0.25, -0.2) is 9.97 Å². The second-order valence-corrected chi connectivity index (χ2v) is 5.84. The van der Waals surface area contributed by atoms with Crippen LogP contribution >= 0.6 is 22.9 Å². The number of amides is 1. The third-order valence-corrected chi connectivity index (χ3v) is 3.93. The molecule has 0 saturated carbocycles. The van der Waals surface area contributed by atoms with E-state index in [-0.39, 0.29) is 5.91 Å². The minimum atomic E-state index is -0.308. The highest BCUT2D eigenvalue weighted by Crippen LogP contribution is 2.33. The van der Waals surface area contributed by atoms with Gasteiger partial charge in [-0.15, -0.1) is 0 Å². The van der Waals surface area contributed by atoms with Crippen LogP contribution in [0.15, 0.2) is 48.7 Å². The Morgan fingerprint density at radius 3 is 2.64 bits per heavy atom. The van der Waals surface area contributed by atoms with Crippen molar-refractivity contribution in [3.63, 3.8) is 0 Å². The number of carbonyl (C=O) groups excluding carboxylic acids is 1. The van der Waals surface area contributed by atoms with Crippen molar-refractivity contribution < 1.29 is 4.79 Å². The Bertz CT molecular complexity index is 802. The number of hydrogen-bond donors (Lipinski definition) is 2. The summed E-state index contributed by atoms with van der Waals surface area (Å²) < 4.78 is 0. The fourth-order valence-corrected chi connectivity index (χ4v) is 2.73. The number of thiazole rings is 1. The molecule has 7 heteroatoms. The fraction of sp³-hybridized carbons (Fsp3) is 0. The second-order valence-electron chi connectivity index (χ2n) is 4.42. The van der Waals surface area contributed by atoms with Crippen LogP contribution in [0.1, 0.15) is 10.4 Å². The molecule has 2 heterocycles. The van der Waals surface area contributed by atoms with Crippen molar-refractivity contribution >= 4 is 39.0 Å². The van der Waals surface area contributed by atoms with Gasteiger partial charge in [0.1, 0.15) is 15.8 Å². The average Bonchev–Trinajstić information content (AvgIpc) is 2.89. The van der Waals surface area contributed by atoms with Crippen LogP contribution in [-0.2, 0) is 0 Å². The van der Waals surface area contributed by atoms with E-state index in [0.29, 0.717) is 26.5 Å². The van der Waals surface area contributed by atoms with E-state index in [9.17, 15) is 4.79 Å². The Hall–Kier alpha value is -2.44. The first-order chi connectivity index (χ1) is 10.6. The Balaban J connectivity index is 1.82. The number of nitrogens with zero attached hydrogens (tertiary/aromatic N) is 2. The molecule has 0 saturated heterocycles. The molecule has 0 fully saturated rings. The smallest absolute Gasteiger partial charge is 0.259 e. The SMILES string of the molecule is Nc1sc(NC(=O)c2ccc(Cl)nc2)nc1-c1ccccc1. The molecule has 3 N–H and O–H groups in total. The molecular formula is C15H11ClN4OS. The highest BCUT2D eigenvalue weighted by molar-refractivity contribution is 7.20. The van der Waals surface area contributed by atoms with Gasteiger partial charge < -0.3 is 5.73 Å². The van der Waals surface area contributed by atoms with Gasteiger partial charge in [0.05, 0.1) is 5.56 Å². The molecular weight excluding hydrogens is 320 g/mol. The van der Waals surface area contributed by atoms with Gasteiger partial charge in [0, 0.05) is 11.8 Å². The first-order valence-corrected chi connectivity index (χ1v) is 7.57. The zero-order chi connectivity index (χ0) is 15.5. The summed E-state index contributed by atoms with van der Waals surface area (Å²) in [5.74, 6) is -0.308. The molecule has 3 aromatic rings. The van der Waals surface area contributed by atoms with Crippen LogP contribution in [0.3, 0.4) is 0 Å². The van der Waals surface area contributed by atoms with E-state index >= 15 is 0 Å². The van der Waals surface area contributed by atoms with E-state index in [2.05, 4.69) is 15.3 Å². The maximum atomic E-state index is 12.1. The molecule has 3 rings (SSSR count). The zero-order valence-electron chi connectivity index (χ0n) is 11.3. The number of nitrogens with one attached hydrogen (secondary N) is 1. The van der Waals surface area contributed by atoms with Crippen molar-refractivity contribution in [3.8, 4) is 11.3 Å². The first-order valence-electron chi connectivity index (χ1n) is 6.38. The Labute approximate surface area is 135 Å². The third-order valence-electron chi connectivity index (χ3n) is 2.91. The van der Waals surface area contributed by atoms with Crippen LogP contribution in [-0.4, -0.2) is 15.9 Å². The predicted octanol–water partition coefficient (Wildman–Crippen LogP) is 3.69. The number of nitrogens with two attached hydrogens (primary N) is 1. The van der Waals surface area contributed by atoms with Crippen molar-refractivity contribution in [3.05, 3.63) is 59.4 Å². The summed E-state index contributed by atoms with van der Waals surface area (Å²) in [6.07, 6.45) is 1.41. The van der Waals surface area contributed by atoms with E-state index in [4.69, 9.17) is 17.3 Å². The number of carbonyl (C=O) groups is 1. The van der Waals surface area contributed by atoms with Crippen LogP contribution in [0.4, 0.5) is 10.1 Å². The number of rotatable bonds is 3. The van der Waals surface area contributed by atoms with Gasteiger partial charge in [0.2, 0.25) is 0 Å². The highest BCUT2D eigenvalue weighted by atomic mass is 35.5. The monoisotopic (exact) mass is 330 g/mol. The van der Waals surface area contributed by atoms with Crippen molar-refractivity contribution in [1.82, 2.24) is 9.97 Å². The van der Waals surface area contributed by atoms with Crippen molar-refractivity contribution in [2.45, 2.75) is 0 Å². The fourth-order valence-electron chi connectivity index (χ4n) is 1.87. The van der Waals surface area contributed by atoms with Crippen LogP contribution in [0.25, 0.3) is 11.3 Å². The summed E-state index contributed by atoms with van der Waals surface area (Å²) in [4.78, 5) is 20.4. The Kier molecular flexibility index (Phi) is 4.04. The van der Waals surface area contributed by atoms with Crippen molar-refractivity contribution in [2.24, 2.45) is 0 Å². The quantitative estimate of drug-likeness (QED) is 0.717. The molecule has 0 aliphatic carbocycles. The third kappa shape index (κ3) is 3.08. The summed E-state index contributed by atoms with van der Waals surface area (Å²) in [5, 5.41) is 4.04. The van der Waals surface area contributed by atoms with Gasteiger partial charge in [-0.05, 0) is 12.1 Å². The molecule has 1 aromatic carbocycles. The summed E-state index contributed by atoms with van der Waals surface area (Å²) in [5.41, 5.74) is 7.95. The number of nitrogen functional groups attached to an aromatic ring is 1. The maximum Gasteiger partial charge on any atom is 0.259 e. The Morgan fingerprint density at radius 2 is 1.95 bits per heavy atom. The number of hydrogen-bond acceptors (Lipinski definition) is 5. The van der Waals surface area contributed by atoms with E-state index < -0.39 is 0 Å². The first kappa shape index (κ1) is 14.5. The van der Waals surface area contributed by atoms with E-state index in [0.717, 1.165) is 5.56 Å². The number of anilines is 2. The molecule has 0 aliphatic heterocycles. The molecule has 5 nitrogen and oxygen atoms in total. The lowest BCUT2D eigenvalue weighted by atomic mass is 10.2. The van der Waals surface area contributed by atoms with Gasteiger partial charge in [-0.2, -0.15) is 0 Å². The predicted molar refractivity (Wildman–Crippen MR) is 89.2 cm³/mol. The summed E-state index contributed by atoms with van der Waals surface area (Å²) in [7, 11) is 0. The van der Waals surface area contributed by atoms with Gasteiger partial charge >= 0.3 is 0 Å². The topological polar surface area (TPSA) is 80.9 Å². The van der Waals surface area contributed by atoms with E-state index in [1.807, 2.05) is 30.3 Å². The molecule has 0 radical (unpaired) electrons. The zero-order valence-corrected chi connectivity index (χ0v) is 12.9. The molecule has 2 aromatic heterocycles. The summed E-state index contributed by atoms with van der Waals surface area (Å²) in [6, 6.07) is 12.7. The standard InChI is InChI=1S/C15H11ClN4OS/c16-11-7-6-10(8-18-11)14(21)20-15-19-12(13(17)22-15)9-4-2-1-3-5-9/h1-8H,17H2,(H,19,20,21). The largest absolute Gasteiger partial charge is 0.389 e. The van der Waals surface area contributed by atoms with Crippen LogP contribution < -0.4 is 11.1 Å². The maximum absolute atomic E-state index is 12.1. The van der Waals surface area contributed by atoms with Gasteiger partial charge in [0.15, 0.2) is 5.13 Å². The number of aromatic nitrogens is 2. The molecule has 22 heavy (non-hydrogen) atoms. The summed E-state index contributed by atoms with van der Waals surface area (Å²) >= 11 is 6.92. The molecule has 0 aliphatic rings. The van der Waals surface area contributed by atoms with Gasteiger partial charge in [-0.3, -0.25) is 10.1 Å². The minimum absolute atomic E-state index is 0.308. The Morgan fingerprint density at radius 1 is 1.18 bits per heavy atom. The normalized spacial score (nSPS) is 10.4. The number of benzene rings is 1. The lowest BCUT2D eigenvalue weighted by Gasteiger charge is -2.01. The molecule has 0 bridgehead atoms. The van der Waals surface area contributed by atoms with Crippen molar-refractivity contribution in [1.29, 1.82) is 0 Å².